The lowest BCUT2D eigenvalue weighted by atomic mass is 10.1. The lowest BCUT2D eigenvalue weighted by molar-refractivity contribution is -0.153. The molecule has 1 rings (SSSR count). The van der Waals surface area contributed by atoms with Crippen molar-refractivity contribution in [3.05, 3.63) is 0 Å². The molecular weight excluding hydrogens is 386 g/mol. The Labute approximate surface area is 169 Å². The number of nitrogens with one attached hydrogen (secondary N) is 2. The van der Waals surface area contributed by atoms with Gasteiger partial charge in [0.15, 0.2) is 6.04 Å². The molecule has 0 radical (unpaired) electrons. The van der Waals surface area contributed by atoms with Crippen molar-refractivity contribution in [2.45, 2.75) is 63.7 Å². The molecule has 1 saturated heterocycles. The molecule has 0 spiro atoms. The smallest absolute Gasteiger partial charge is 0.328 e. The number of thioether (sulfide) groups is 1. The molecule has 0 saturated carbocycles. The van der Waals surface area contributed by atoms with E-state index in [9.17, 15) is 24.3 Å². The third-order valence-electron chi connectivity index (χ3n) is 4.66. The van der Waals surface area contributed by atoms with Crippen LogP contribution in [0.4, 0.5) is 0 Å². The quantitative estimate of drug-likeness (QED) is 0.273. The van der Waals surface area contributed by atoms with Crippen LogP contribution in [-0.2, 0) is 23.9 Å². The summed E-state index contributed by atoms with van der Waals surface area (Å²) in [4.78, 5) is 48.9. The van der Waals surface area contributed by atoms with Crippen molar-refractivity contribution in [2.75, 3.05) is 25.2 Å². The van der Waals surface area contributed by atoms with Gasteiger partial charge >= 0.3 is 5.97 Å². The topological polar surface area (TPSA) is 125 Å². The lowest BCUT2D eigenvalue weighted by Gasteiger charge is -2.28. The van der Waals surface area contributed by atoms with Gasteiger partial charge in [-0.3, -0.25) is 14.4 Å². The van der Waals surface area contributed by atoms with E-state index < -0.39 is 35.9 Å². The number of carbonyl (C=O) groups excluding carboxylic acids is 3. The number of nitrogens with zero attached hydrogens (tertiary/aromatic N) is 1. The van der Waals surface area contributed by atoms with E-state index in [-0.39, 0.29) is 12.6 Å². The van der Waals surface area contributed by atoms with Gasteiger partial charge in [0.2, 0.25) is 18.2 Å². The summed E-state index contributed by atoms with van der Waals surface area (Å²) >= 11 is 1.55. The molecule has 9 nitrogen and oxygen atoms in total. The van der Waals surface area contributed by atoms with E-state index in [0.29, 0.717) is 31.6 Å². The van der Waals surface area contributed by atoms with Gasteiger partial charge in [0.05, 0.1) is 6.61 Å². The largest absolute Gasteiger partial charge is 0.480 e. The number of aliphatic carboxylic acids is 1. The monoisotopic (exact) mass is 417 g/mol. The molecule has 3 amide bonds. The molecule has 1 aliphatic heterocycles. The highest BCUT2D eigenvalue weighted by atomic mass is 32.2. The second-order valence-electron chi connectivity index (χ2n) is 6.79. The molecule has 0 aliphatic carbocycles. The molecule has 160 valence electrons. The summed E-state index contributed by atoms with van der Waals surface area (Å²) in [6, 6.07) is -2.99. The number of hydrogen-bond acceptors (Lipinski definition) is 6. The van der Waals surface area contributed by atoms with Gasteiger partial charge in [-0.2, -0.15) is 11.8 Å². The van der Waals surface area contributed by atoms with Crippen molar-refractivity contribution in [3.63, 3.8) is 0 Å². The van der Waals surface area contributed by atoms with E-state index in [1.165, 1.54) is 4.90 Å². The fourth-order valence-corrected chi connectivity index (χ4v) is 3.60. The Hall–Kier alpha value is -1.81. The SMILES string of the molecule is CCCCOC[C@@H](C(=O)O)N1C(=O)[C@@H](NC(=O)[C@H](CCSC)NC=O)CC1C. The highest BCUT2D eigenvalue weighted by molar-refractivity contribution is 7.98. The first-order valence-corrected chi connectivity index (χ1v) is 10.9. The number of carboxylic acid groups (broad SMARTS) is 1. The zero-order valence-electron chi connectivity index (χ0n) is 16.7. The summed E-state index contributed by atoms with van der Waals surface area (Å²) in [5.74, 6) is -1.35. The van der Waals surface area contributed by atoms with Crippen molar-refractivity contribution in [1.82, 2.24) is 15.5 Å². The van der Waals surface area contributed by atoms with Crippen molar-refractivity contribution < 1.29 is 29.0 Å². The first-order valence-electron chi connectivity index (χ1n) is 9.49. The predicted molar refractivity (Wildman–Crippen MR) is 106 cm³/mol. The third kappa shape index (κ3) is 6.97. The normalized spacial score (nSPS) is 21.2. The van der Waals surface area contributed by atoms with E-state index >= 15 is 0 Å². The summed E-state index contributed by atoms with van der Waals surface area (Å²) in [5, 5.41) is 14.7. The predicted octanol–water partition coefficient (Wildman–Crippen LogP) is 0.230. The van der Waals surface area contributed by atoms with Crippen LogP contribution in [0.1, 0.15) is 39.5 Å². The van der Waals surface area contributed by atoms with Crippen LogP contribution < -0.4 is 10.6 Å². The molecule has 4 atom stereocenters. The van der Waals surface area contributed by atoms with Gasteiger partial charge in [0.25, 0.3) is 0 Å². The molecule has 1 fully saturated rings. The van der Waals surface area contributed by atoms with Crippen LogP contribution in [0.15, 0.2) is 0 Å². The van der Waals surface area contributed by atoms with Gasteiger partial charge in [0.1, 0.15) is 12.1 Å². The molecular formula is C18H31N3O6S. The van der Waals surface area contributed by atoms with Gasteiger partial charge in [-0.25, -0.2) is 4.79 Å². The second-order valence-corrected chi connectivity index (χ2v) is 7.78. The summed E-state index contributed by atoms with van der Waals surface area (Å²) in [7, 11) is 0. The zero-order valence-corrected chi connectivity index (χ0v) is 17.5. The maximum absolute atomic E-state index is 12.8. The molecule has 3 N–H and O–H groups in total. The fraction of sp³-hybridized carbons (Fsp3) is 0.778. The summed E-state index contributed by atoms with van der Waals surface area (Å²) < 4.78 is 5.42. The highest BCUT2D eigenvalue weighted by Gasteiger charge is 2.44. The van der Waals surface area contributed by atoms with Gasteiger partial charge in [-0.15, -0.1) is 0 Å². The molecule has 1 aliphatic rings. The average Bonchev–Trinajstić information content (AvgIpc) is 2.92. The molecule has 28 heavy (non-hydrogen) atoms. The molecule has 0 aromatic rings. The minimum Gasteiger partial charge on any atom is -0.480 e. The molecule has 0 aromatic heterocycles. The van der Waals surface area contributed by atoms with E-state index in [4.69, 9.17) is 4.74 Å². The Morgan fingerprint density at radius 2 is 2.18 bits per heavy atom. The number of hydrogen-bond donors (Lipinski definition) is 3. The van der Waals surface area contributed by atoms with Crippen molar-refractivity contribution >= 4 is 36.0 Å². The van der Waals surface area contributed by atoms with Gasteiger partial charge in [0, 0.05) is 12.6 Å². The summed E-state index contributed by atoms with van der Waals surface area (Å²) in [6.45, 7) is 4.10. The second kappa shape index (κ2) is 12.6. The van der Waals surface area contributed by atoms with Crippen LogP contribution >= 0.6 is 11.8 Å². The standard InChI is InChI=1S/C18H31N3O6S/c1-4-5-7-27-10-15(18(25)26)21-12(2)9-14(17(21)24)20-16(23)13(19-11-22)6-8-28-3/h11-15H,4-10H2,1-3H3,(H,19,22)(H,20,23)(H,25,26)/t12?,13-,14-,15-/m0/s1. The Morgan fingerprint density at radius 3 is 2.75 bits per heavy atom. The summed E-state index contributed by atoms with van der Waals surface area (Å²) in [6.07, 6.45) is 4.84. The van der Waals surface area contributed by atoms with Gasteiger partial charge < -0.3 is 25.4 Å². The first-order chi connectivity index (χ1) is 13.4. The zero-order chi connectivity index (χ0) is 21.1. The van der Waals surface area contributed by atoms with Gasteiger partial charge in [-0.1, -0.05) is 13.3 Å². The van der Waals surface area contributed by atoms with E-state index in [1.807, 2.05) is 13.2 Å². The van der Waals surface area contributed by atoms with Gasteiger partial charge in [-0.05, 0) is 38.2 Å². The number of rotatable bonds is 14. The van der Waals surface area contributed by atoms with Crippen LogP contribution in [0.5, 0.6) is 0 Å². The lowest BCUT2D eigenvalue weighted by Crippen LogP contribution is -2.53. The number of carboxylic acids is 1. The maximum atomic E-state index is 12.8. The number of likely N-dealkylation sites (tertiary alicyclic amines) is 1. The fourth-order valence-electron chi connectivity index (χ4n) is 3.13. The number of amides is 3. The van der Waals surface area contributed by atoms with E-state index in [0.717, 1.165) is 12.8 Å². The van der Waals surface area contributed by atoms with Crippen LogP contribution in [0.2, 0.25) is 0 Å². The number of carbonyl (C=O) groups is 4. The maximum Gasteiger partial charge on any atom is 0.328 e. The Bertz CT molecular complexity index is 547. The molecule has 0 aromatic carbocycles. The minimum atomic E-state index is -1.14. The van der Waals surface area contributed by atoms with E-state index in [2.05, 4.69) is 10.6 Å². The minimum absolute atomic E-state index is 0.0882. The van der Waals surface area contributed by atoms with Crippen LogP contribution in [0, 0.1) is 0 Å². The molecule has 10 heteroatoms. The third-order valence-corrected chi connectivity index (χ3v) is 5.30. The number of unbranched alkanes of at least 4 members (excludes halogenated alkanes) is 1. The Balaban J connectivity index is 2.76. The Morgan fingerprint density at radius 1 is 1.46 bits per heavy atom. The summed E-state index contributed by atoms with van der Waals surface area (Å²) in [5.41, 5.74) is 0. The number of ether oxygens (including phenoxy) is 1. The Kier molecular flexibility index (Phi) is 10.9. The van der Waals surface area contributed by atoms with Crippen LogP contribution in [0.3, 0.4) is 0 Å². The highest BCUT2D eigenvalue weighted by Crippen LogP contribution is 2.23. The van der Waals surface area contributed by atoms with Crippen molar-refractivity contribution in [3.8, 4) is 0 Å². The van der Waals surface area contributed by atoms with Crippen LogP contribution in [-0.4, -0.2) is 83.6 Å². The molecule has 0 bridgehead atoms. The molecule has 1 heterocycles. The van der Waals surface area contributed by atoms with Crippen molar-refractivity contribution in [2.24, 2.45) is 0 Å². The molecule has 1 unspecified atom stereocenters. The average molecular weight is 418 g/mol. The van der Waals surface area contributed by atoms with E-state index in [1.54, 1.807) is 18.7 Å². The first kappa shape index (κ1) is 24.2. The van der Waals surface area contributed by atoms with Crippen LogP contribution in [0.25, 0.3) is 0 Å². The van der Waals surface area contributed by atoms with Crippen molar-refractivity contribution in [1.29, 1.82) is 0 Å².